The highest BCUT2D eigenvalue weighted by molar-refractivity contribution is 6.04. The lowest BCUT2D eigenvalue weighted by Gasteiger charge is -2.15. The number of benzene rings is 2. The minimum Gasteiger partial charge on any atom is -0.495 e. The Labute approximate surface area is 159 Å². The molecule has 0 heterocycles. The van der Waals surface area contributed by atoms with Crippen LogP contribution in [0, 0.1) is 0 Å². The number of hydrogen-bond acceptors (Lipinski definition) is 4. The normalized spacial score (nSPS) is 13.8. The third-order valence-electron chi connectivity index (χ3n) is 4.68. The van der Waals surface area contributed by atoms with Gasteiger partial charge in [0, 0.05) is 6.04 Å². The molecular weight excluding hydrogens is 342 g/mol. The van der Waals surface area contributed by atoms with E-state index in [2.05, 4.69) is 16.0 Å². The largest absolute Gasteiger partial charge is 0.495 e. The molecule has 0 atom stereocenters. The van der Waals surface area contributed by atoms with Crippen LogP contribution in [0.1, 0.15) is 36.0 Å². The third kappa shape index (κ3) is 5.00. The van der Waals surface area contributed by atoms with Crippen LogP contribution in [0.3, 0.4) is 0 Å². The molecule has 6 heteroatoms. The van der Waals surface area contributed by atoms with Crippen molar-refractivity contribution in [2.24, 2.45) is 0 Å². The van der Waals surface area contributed by atoms with E-state index in [-0.39, 0.29) is 24.4 Å². The summed E-state index contributed by atoms with van der Waals surface area (Å²) in [5.41, 5.74) is 1.73. The Hall–Kier alpha value is -3.02. The van der Waals surface area contributed by atoms with E-state index in [4.69, 9.17) is 4.74 Å². The molecular formula is C21H25N3O3. The number of para-hydroxylation sites is 3. The highest BCUT2D eigenvalue weighted by Crippen LogP contribution is 2.23. The second-order valence-corrected chi connectivity index (χ2v) is 6.60. The van der Waals surface area contributed by atoms with E-state index in [1.807, 2.05) is 24.3 Å². The number of anilines is 2. The van der Waals surface area contributed by atoms with Crippen molar-refractivity contribution in [2.75, 3.05) is 24.3 Å². The number of hydrogen-bond donors (Lipinski definition) is 3. The second-order valence-electron chi connectivity index (χ2n) is 6.60. The Bertz CT molecular complexity index is 801. The monoisotopic (exact) mass is 367 g/mol. The van der Waals surface area contributed by atoms with Gasteiger partial charge in [-0.1, -0.05) is 37.1 Å². The van der Waals surface area contributed by atoms with Crippen LogP contribution < -0.4 is 20.7 Å². The topological polar surface area (TPSA) is 79.5 Å². The molecule has 2 aromatic rings. The van der Waals surface area contributed by atoms with Gasteiger partial charge in [0.25, 0.3) is 5.91 Å². The molecule has 27 heavy (non-hydrogen) atoms. The summed E-state index contributed by atoms with van der Waals surface area (Å²) in [4.78, 5) is 24.9. The SMILES string of the molecule is COc1ccccc1NCC(=O)Nc1ccccc1C(=O)NC1CCCC1. The Morgan fingerprint density at radius 1 is 1.00 bits per heavy atom. The zero-order valence-electron chi connectivity index (χ0n) is 15.5. The number of methoxy groups -OCH3 is 1. The van der Waals surface area contributed by atoms with Crippen molar-refractivity contribution < 1.29 is 14.3 Å². The van der Waals surface area contributed by atoms with Crippen molar-refractivity contribution in [3.63, 3.8) is 0 Å². The maximum atomic E-state index is 12.6. The fourth-order valence-electron chi connectivity index (χ4n) is 3.28. The van der Waals surface area contributed by atoms with Crippen LogP contribution in [0.4, 0.5) is 11.4 Å². The first kappa shape index (κ1) is 18.8. The van der Waals surface area contributed by atoms with Crippen molar-refractivity contribution in [1.82, 2.24) is 5.32 Å². The molecule has 6 nitrogen and oxygen atoms in total. The molecule has 0 radical (unpaired) electrons. The first-order valence-electron chi connectivity index (χ1n) is 9.24. The van der Waals surface area contributed by atoms with Crippen LogP contribution in [0.5, 0.6) is 5.75 Å². The number of amides is 2. The lowest BCUT2D eigenvalue weighted by Crippen LogP contribution is -2.33. The number of rotatable bonds is 7. The summed E-state index contributed by atoms with van der Waals surface area (Å²) < 4.78 is 5.26. The van der Waals surface area contributed by atoms with Crippen molar-refractivity contribution in [1.29, 1.82) is 0 Å². The number of carbonyl (C=O) groups is 2. The van der Waals surface area contributed by atoms with Gasteiger partial charge in [0.2, 0.25) is 5.91 Å². The number of ether oxygens (including phenoxy) is 1. The highest BCUT2D eigenvalue weighted by Gasteiger charge is 2.20. The number of nitrogens with one attached hydrogen (secondary N) is 3. The summed E-state index contributed by atoms with van der Waals surface area (Å²) in [7, 11) is 1.58. The average Bonchev–Trinajstić information content (AvgIpc) is 3.20. The molecule has 2 amide bonds. The molecule has 0 bridgehead atoms. The summed E-state index contributed by atoms with van der Waals surface area (Å²) in [5.74, 6) is 0.291. The van der Waals surface area contributed by atoms with Gasteiger partial charge in [0.15, 0.2) is 0 Å². The molecule has 0 spiro atoms. The van der Waals surface area contributed by atoms with Gasteiger partial charge in [0.1, 0.15) is 5.75 Å². The van der Waals surface area contributed by atoms with Crippen LogP contribution in [0.15, 0.2) is 48.5 Å². The Morgan fingerprint density at radius 2 is 1.67 bits per heavy atom. The zero-order chi connectivity index (χ0) is 19.1. The molecule has 1 aliphatic carbocycles. The Kier molecular flexibility index (Phi) is 6.30. The van der Waals surface area contributed by atoms with Crippen LogP contribution in [-0.4, -0.2) is 31.5 Å². The first-order chi connectivity index (χ1) is 13.2. The van der Waals surface area contributed by atoms with E-state index in [1.54, 1.807) is 31.4 Å². The van der Waals surface area contributed by atoms with Gasteiger partial charge >= 0.3 is 0 Å². The molecule has 3 rings (SSSR count). The minimum atomic E-state index is -0.234. The molecule has 0 aliphatic heterocycles. The summed E-state index contributed by atoms with van der Waals surface area (Å²) in [6, 6.07) is 14.7. The van der Waals surface area contributed by atoms with Gasteiger partial charge in [-0.3, -0.25) is 9.59 Å². The molecule has 142 valence electrons. The smallest absolute Gasteiger partial charge is 0.253 e. The molecule has 3 N–H and O–H groups in total. The fraction of sp³-hybridized carbons (Fsp3) is 0.333. The first-order valence-corrected chi connectivity index (χ1v) is 9.24. The predicted octanol–water partition coefficient (Wildman–Crippen LogP) is 3.42. The average molecular weight is 367 g/mol. The maximum Gasteiger partial charge on any atom is 0.253 e. The summed E-state index contributed by atoms with van der Waals surface area (Å²) in [5, 5.41) is 8.93. The van der Waals surface area contributed by atoms with Crippen molar-refractivity contribution in [2.45, 2.75) is 31.7 Å². The van der Waals surface area contributed by atoms with Gasteiger partial charge < -0.3 is 20.7 Å². The minimum absolute atomic E-state index is 0.0684. The van der Waals surface area contributed by atoms with Crippen molar-refractivity contribution >= 4 is 23.2 Å². The summed E-state index contributed by atoms with van der Waals surface area (Å²) in [6.45, 7) is 0.0684. The molecule has 0 unspecified atom stereocenters. The third-order valence-corrected chi connectivity index (χ3v) is 4.68. The van der Waals surface area contributed by atoms with E-state index in [9.17, 15) is 9.59 Å². The number of carbonyl (C=O) groups excluding carboxylic acids is 2. The molecule has 0 saturated heterocycles. The summed E-state index contributed by atoms with van der Waals surface area (Å²) in [6.07, 6.45) is 4.34. The molecule has 2 aromatic carbocycles. The van der Waals surface area contributed by atoms with E-state index in [0.717, 1.165) is 31.4 Å². The molecule has 1 fully saturated rings. The molecule has 1 aliphatic rings. The van der Waals surface area contributed by atoms with Gasteiger partial charge in [-0.05, 0) is 37.1 Å². The van der Waals surface area contributed by atoms with E-state index >= 15 is 0 Å². The van der Waals surface area contributed by atoms with Crippen LogP contribution in [0.25, 0.3) is 0 Å². The lowest BCUT2D eigenvalue weighted by molar-refractivity contribution is -0.114. The van der Waals surface area contributed by atoms with Gasteiger partial charge in [-0.15, -0.1) is 0 Å². The van der Waals surface area contributed by atoms with Crippen molar-refractivity contribution in [3.05, 3.63) is 54.1 Å². The van der Waals surface area contributed by atoms with Gasteiger partial charge in [0.05, 0.1) is 30.6 Å². The van der Waals surface area contributed by atoms with Gasteiger partial charge in [-0.25, -0.2) is 0 Å². The molecule has 0 aromatic heterocycles. The van der Waals surface area contributed by atoms with Crippen LogP contribution in [0.2, 0.25) is 0 Å². The molecule has 1 saturated carbocycles. The van der Waals surface area contributed by atoms with E-state index in [0.29, 0.717) is 17.0 Å². The van der Waals surface area contributed by atoms with Crippen LogP contribution in [-0.2, 0) is 4.79 Å². The summed E-state index contributed by atoms with van der Waals surface area (Å²) >= 11 is 0. The lowest BCUT2D eigenvalue weighted by atomic mass is 10.1. The van der Waals surface area contributed by atoms with E-state index < -0.39 is 0 Å². The predicted molar refractivity (Wildman–Crippen MR) is 106 cm³/mol. The van der Waals surface area contributed by atoms with Crippen LogP contribution >= 0.6 is 0 Å². The van der Waals surface area contributed by atoms with Crippen molar-refractivity contribution in [3.8, 4) is 5.75 Å². The quantitative estimate of drug-likeness (QED) is 0.701. The van der Waals surface area contributed by atoms with Gasteiger partial charge in [-0.2, -0.15) is 0 Å². The fourth-order valence-corrected chi connectivity index (χ4v) is 3.28. The highest BCUT2D eigenvalue weighted by atomic mass is 16.5. The second kappa shape index (κ2) is 9.07. The maximum absolute atomic E-state index is 12.6. The Balaban J connectivity index is 1.61. The Morgan fingerprint density at radius 3 is 2.41 bits per heavy atom. The zero-order valence-corrected chi connectivity index (χ0v) is 15.5. The standard InChI is InChI=1S/C21H25N3O3/c1-27-19-13-7-6-12-18(19)22-14-20(25)24-17-11-5-4-10-16(17)21(26)23-15-8-2-3-9-15/h4-7,10-13,15,22H,2-3,8-9,14H2,1H3,(H,23,26)(H,24,25). The van der Waals surface area contributed by atoms with E-state index in [1.165, 1.54) is 0 Å².